The molecule has 0 bridgehead atoms. The fourth-order valence-electron chi connectivity index (χ4n) is 2.31. The van der Waals surface area contributed by atoms with Crippen LogP contribution in [0.2, 0.25) is 10.0 Å². The lowest BCUT2D eigenvalue weighted by atomic mass is 9.86. The number of carboxylic acid groups (broad SMARTS) is 1. The van der Waals surface area contributed by atoms with Crippen LogP contribution >= 0.6 is 23.2 Å². The average Bonchev–Trinajstić information content (AvgIpc) is 2.35. The molecule has 1 aromatic carbocycles. The predicted octanol–water partition coefficient (Wildman–Crippen LogP) is 2.62. The first-order valence-electron chi connectivity index (χ1n) is 5.63. The van der Waals surface area contributed by atoms with Gasteiger partial charge in [-0.1, -0.05) is 23.2 Å². The number of benzene rings is 1. The van der Waals surface area contributed by atoms with Crippen LogP contribution in [0.3, 0.4) is 0 Å². The summed E-state index contributed by atoms with van der Waals surface area (Å²) in [4.78, 5) is 11.0. The zero-order valence-electron chi connectivity index (χ0n) is 9.49. The first-order chi connectivity index (χ1) is 8.50. The molecule has 1 aliphatic rings. The Morgan fingerprint density at radius 3 is 2.78 bits per heavy atom. The van der Waals surface area contributed by atoms with Gasteiger partial charge in [0.2, 0.25) is 0 Å². The number of halogens is 2. The van der Waals surface area contributed by atoms with Crippen LogP contribution in [-0.4, -0.2) is 28.8 Å². The number of carbonyl (C=O) groups is 1. The molecule has 6 heteroatoms. The molecular weight excluding hydrogens is 277 g/mol. The summed E-state index contributed by atoms with van der Waals surface area (Å²) in [5, 5.41) is 22.5. The first kappa shape index (κ1) is 13.5. The van der Waals surface area contributed by atoms with Crippen LogP contribution in [0.1, 0.15) is 24.3 Å². The summed E-state index contributed by atoms with van der Waals surface area (Å²) in [6.07, 6.45) is 1.11. The molecule has 0 aromatic heterocycles. The van der Waals surface area contributed by atoms with Gasteiger partial charge in [-0.2, -0.15) is 0 Å². The van der Waals surface area contributed by atoms with E-state index in [0.29, 0.717) is 28.6 Å². The maximum absolute atomic E-state index is 11.0. The maximum Gasteiger partial charge on any atom is 0.320 e. The minimum absolute atomic E-state index is 0.0699. The van der Waals surface area contributed by atoms with Gasteiger partial charge in [-0.15, -0.1) is 0 Å². The molecular formula is C12H13Cl2NO3. The van der Waals surface area contributed by atoms with Gasteiger partial charge in [0.15, 0.2) is 0 Å². The summed E-state index contributed by atoms with van der Waals surface area (Å²) in [7, 11) is 0. The van der Waals surface area contributed by atoms with Crippen molar-refractivity contribution >= 4 is 29.2 Å². The number of hydrogen-bond acceptors (Lipinski definition) is 3. The molecule has 18 heavy (non-hydrogen) atoms. The Bertz CT molecular complexity index is 479. The summed E-state index contributed by atoms with van der Waals surface area (Å²) >= 11 is 12.0. The lowest BCUT2D eigenvalue weighted by Crippen LogP contribution is -2.42. The minimum Gasteiger partial charge on any atom is -0.508 e. The highest BCUT2D eigenvalue weighted by molar-refractivity contribution is 6.42. The molecule has 98 valence electrons. The van der Waals surface area contributed by atoms with E-state index in [4.69, 9.17) is 28.3 Å². The summed E-state index contributed by atoms with van der Waals surface area (Å²) in [6.45, 7) is 0.573. The molecule has 2 rings (SSSR count). The van der Waals surface area contributed by atoms with Crippen LogP contribution in [0.25, 0.3) is 0 Å². The van der Waals surface area contributed by atoms with E-state index in [0.717, 1.165) is 6.42 Å². The fourth-order valence-corrected chi connectivity index (χ4v) is 2.79. The van der Waals surface area contributed by atoms with Gasteiger partial charge < -0.3 is 15.5 Å². The van der Waals surface area contributed by atoms with E-state index in [1.165, 1.54) is 12.1 Å². The molecule has 2 atom stereocenters. The molecule has 2 unspecified atom stereocenters. The summed E-state index contributed by atoms with van der Waals surface area (Å²) < 4.78 is 0. The molecule has 4 nitrogen and oxygen atoms in total. The van der Waals surface area contributed by atoms with E-state index in [2.05, 4.69) is 5.32 Å². The molecule has 1 saturated heterocycles. The molecule has 1 heterocycles. The van der Waals surface area contributed by atoms with Gasteiger partial charge in [0.1, 0.15) is 11.8 Å². The van der Waals surface area contributed by atoms with Gasteiger partial charge in [-0.3, -0.25) is 4.79 Å². The second-order valence-corrected chi connectivity index (χ2v) is 5.15. The Labute approximate surface area is 115 Å². The third-order valence-electron chi connectivity index (χ3n) is 3.22. The normalized spacial score (nSPS) is 23.9. The van der Waals surface area contributed by atoms with Crippen molar-refractivity contribution in [2.45, 2.75) is 24.8 Å². The monoisotopic (exact) mass is 289 g/mol. The Balaban J connectivity index is 2.31. The number of aliphatic carboxylic acids is 1. The van der Waals surface area contributed by atoms with Gasteiger partial charge in [0.05, 0.1) is 10.0 Å². The molecule has 3 N–H and O–H groups in total. The summed E-state index contributed by atoms with van der Waals surface area (Å²) in [5.74, 6) is -0.920. The van der Waals surface area contributed by atoms with Crippen LogP contribution in [0.4, 0.5) is 0 Å². The third-order valence-corrected chi connectivity index (χ3v) is 4.04. The van der Waals surface area contributed by atoms with E-state index in [1.54, 1.807) is 0 Å². The Kier molecular flexibility index (Phi) is 4.00. The van der Waals surface area contributed by atoms with E-state index in [9.17, 15) is 9.90 Å². The van der Waals surface area contributed by atoms with Crippen molar-refractivity contribution in [3.8, 4) is 5.75 Å². The molecule has 0 saturated carbocycles. The molecule has 1 fully saturated rings. The van der Waals surface area contributed by atoms with Crippen molar-refractivity contribution in [3.63, 3.8) is 0 Å². The highest BCUT2D eigenvalue weighted by Gasteiger charge is 2.30. The van der Waals surface area contributed by atoms with Crippen molar-refractivity contribution in [1.82, 2.24) is 5.32 Å². The van der Waals surface area contributed by atoms with Crippen LogP contribution in [0, 0.1) is 0 Å². The smallest absolute Gasteiger partial charge is 0.320 e. The highest BCUT2D eigenvalue weighted by atomic mass is 35.5. The Hall–Kier alpha value is -0.970. The SMILES string of the molecule is O=C(O)C1CC(c2c(O)ccc(Cl)c2Cl)CCN1. The minimum atomic E-state index is -0.891. The van der Waals surface area contributed by atoms with E-state index >= 15 is 0 Å². The number of phenols is 1. The van der Waals surface area contributed by atoms with Crippen molar-refractivity contribution in [2.75, 3.05) is 6.54 Å². The second kappa shape index (κ2) is 5.34. The molecule has 0 spiro atoms. The van der Waals surface area contributed by atoms with Crippen LogP contribution in [0.15, 0.2) is 12.1 Å². The number of carboxylic acids is 1. The predicted molar refractivity (Wildman–Crippen MR) is 69.5 cm³/mol. The lowest BCUT2D eigenvalue weighted by Gasteiger charge is -2.29. The maximum atomic E-state index is 11.0. The lowest BCUT2D eigenvalue weighted by molar-refractivity contribution is -0.140. The van der Waals surface area contributed by atoms with Gasteiger partial charge in [0.25, 0.3) is 0 Å². The Morgan fingerprint density at radius 1 is 1.39 bits per heavy atom. The van der Waals surface area contributed by atoms with Gasteiger partial charge >= 0.3 is 5.97 Å². The van der Waals surface area contributed by atoms with E-state index in [-0.39, 0.29) is 11.7 Å². The third kappa shape index (κ3) is 2.55. The number of rotatable bonds is 2. The van der Waals surface area contributed by atoms with Crippen LogP contribution in [-0.2, 0) is 4.79 Å². The van der Waals surface area contributed by atoms with Crippen molar-refractivity contribution in [2.24, 2.45) is 0 Å². The molecule has 0 amide bonds. The second-order valence-electron chi connectivity index (χ2n) is 4.36. The van der Waals surface area contributed by atoms with Crippen molar-refractivity contribution in [1.29, 1.82) is 0 Å². The summed E-state index contributed by atoms with van der Waals surface area (Å²) in [6, 6.07) is 2.40. The fraction of sp³-hybridized carbons (Fsp3) is 0.417. The topological polar surface area (TPSA) is 69.6 Å². The number of phenolic OH excluding ortho intramolecular Hbond substituents is 1. The van der Waals surface area contributed by atoms with Crippen molar-refractivity contribution < 1.29 is 15.0 Å². The molecule has 0 radical (unpaired) electrons. The number of nitrogens with one attached hydrogen (secondary N) is 1. The van der Waals surface area contributed by atoms with Crippen molar-refractivity contribution in [3.05, 3.63) is 27.7 Å². The summed E-state index contributed by atoms with van der Waals surface area (Å²) in [5.41, 5.74) is 0.553. The molecule has 0 aliphatic carbocycles. The molecule has 1 aromatic rings. The number of piperidine rings is 1. The van der Waals surface area contributed by atoms with Gasteiger partial charge in [0, 0.05) is 5.56 Å². The van der Waals surface area contributed by atoms with Gasteiger partial charge in [-0.05, 0) is 37.4 Å². The highest BCUT2D eigenvalue weighted by Crippen LogP contribution is 2.41. The quantitative estimate of drug-likeness (QED) is 0.783. The van der Waals surface area contributed by atoms with Gasteiger partial charge in [-0.25, -0.2) is 0 Å². The first-order valence-corrected chi connectivity index (χ1v) is 6.39. The average molecular weight is 290 g/mol. The van der Waals surface area contributed by atoms with E-state index in [1.807, 2.05) is 0 Å². The molecule has 1 aliphatic heterocycles. The standard InChI is InChI=1S/C12H13Cl2NO3/c13-7-1-2-9(16)10(11(7)14)6-3-4-15-8(5-6)12(17)18/h1-2,6,8,15-16H,3-5H2,(H,17,18). The van der Waals surface area contributed by atoms with Crippen LogP contribution in [0.5, 0.6) is 5.75 Å². The van der Waals surface area contributed by atoms with Crippen LogP contribution < -0.4 is 5.32 Å². The number of aromatic hydroxyl groups is 1. The zero-order valence-corrected chi connectivity index (χ0v) is 11.0. The largest absolute Gasteiger partial charge is 0.508 e. The Morgan fingerprint density at radius 2 is 2.11 bits per heavy atom. The zero-order chi connectivity index (χ0) is 13.3. The van der Waals surface area contributed by atoms with E-state index < -0.39 is 12.0 Å². The number of hydrogen-bond donors (Lipinski definition) is 3.